The van der Waals surface area contributed by atoms with Crippen LogP contribution in [0.4, 0.5) is 0 Å². The molecule has 0 bridgehead atoms. The Kier molecular flexibility index (Phi) is 2.35. The van der Waals surface area contributed by atoms with Gasteiger partial charge in [0.05, 0.1) is 0 Å². The summed E-state index contributed by atoms with van der Waals surface area (Å²) in [7, 11) is 1.93. The maximum absolute atomic E-state index is 6.06. The van der Waals surface area contributed by atoms with Crippen molar-refractivity contribution in [2.45, 2.75) is 13.0 Å². The van der Waals surface area contributed by atoms with Gasteiger partial charge in [-0.25, -0.2) is 0 Å². The molecule has 0 aliphatic heterocycles. The Morgan fingerprint density at radius 2 is 2.29 bits per heavy atom. The summed E-state index contributed by atoms with van der Waals surface area (Å²) in [5.41, 5.74) is 6.06. The van der Waals surface area contributed by atoms with Crippen LogP contribution in [0.3, 0.4) is 0 Å². The number of nitrogens with zero attached hydrogens (tertiary/aromatic N) is 3. The Bertz CT molecular complexity index is 418. The van der Waals surface area contributed by atoms with Gasteiger partial charge in [0, 0.05) is 11.9 Å². The highest BCUT2D eigenvalue weighted by Gasteiger charge is 2.16. The maximum Gasteiger partial charge on any atom is 0.155 e. The number of hydrogen-bond acceptors (Lipinski definition) is 4. The van der Waals surface area contributed by atoms with Crippen molar-refractivity contribution in [3.8, 4) is 0 Å². The van der Waals surface area contributed by atoms with Crippen molar-refractivity contribution < 1.29 is 0 Å². The Morgan fingerprint density at radius 3 is 2.79 bits per heavy atom. The molecule has 2 heterocycles. The van der Waals surface area contributed by atoms with Crippen LogP contribution in [-0.4, -0.2) is 14.8 Å². The predicted molar refractivity (Wildman–Crippen MR) is 56.1 cm³/mol. The van der Waals surface area contributed by atoms with Crippen molar-refractivity contribution in [1.82, 2.24) is 14.8 Å². The molecule has 0 saturated carbocycles. The van der Waals surface area contributed by atoms with Crippen molar-refractivity contribution in [2.75, 3.05) is 0 Å². The van der Waals surface area contributed by atoms with Crippen LogP contribution in [0.15, 0.2) is 17.5 Å². The van der Waals surface area contributed by atoms with Crippen LogP contribution in [0, 0.1) is 6.92 Å². The zero-order valence-corrected chi connectivity index (χ0v) is 8.95. The molecule has 2 aromatic rings. The highest BCUT2D eigenvalue weighted by Crippen LogP contribution is 2.21. The van der Waals surface area contributed by atoms with Gasteiger partial charge < -0.3 is 10.3 Å². The average molecular weight is 208 g/mol. The van der Waals surface area contributed by atoms with E-state index in [1.54, 1.807) is 11.3 Å². The average Bonchev–Trinajstić information content (AvgIpc) is 2.77. The third-order valence-electron chi connectivity index (χ3n) is 2.25. The molecule has 0 aliphatic carbocycles. The molecular weight excluding hydrogens is 196 g/mol. The molecule has 2 aromatic heterocycles. The molecule has 5 heteroatoms. The van der Waals surface area contributed by atoms with E-state index in [0.717, 1.165) is 16.5 Å². The van der Waals surface area contributed by atoms with Gasteiger partial charge in [0.15, 0.2) is 5.82 Å². The van der Waals surface area contributed by atoms with E-state index in [0.29, 0.717) is 0 Å². The third kappa shape index (κ3) is 1.44. The van der Waals surface area contributed by atoms with E-state index in [1.165, 1.54) is 0 Å². The van der Waals surface area contributed by atoms with Crippen LogP contribution in [0.5, 0.6) is 0 Å². The fourth-order valence-corrected chi connectivity index (χ4v) is 2.01. The first-order valence-corrected chi connectivity index (χ1v) is 5.23. The fraction of sp³-hybridized carbons (Fsp3) is 0.333. The van der Waals surface area contributed by atoms with Crippen molar-refractivity contribution in [1.29, 1.82) is 0 Å². The second-order valence-corrected chi connectivity index (χ2v) is 4.14. The quantitative estimate of drug-likeness (QED) is 0.807. The molecule has 0 fully saturated rings. The van der Waals surface area contributed by atoms with Gasteiger partial charge in [-0.05, 0) is 18.4 Å². The van der Waals surface area contributed by atoms with Crippen LogP contribution in [0.1, 0.15) is 22.6 Å². The molecule has 2 N–H and O–H groups in total. The third-order valence-corrected chi connectivity index (χ3v) is 3.21. The molecule has 2 rings (SSSR count). The lowest BCUT2D eigenvalue weighted by atomic mass is 10.2. The van der Waals surface area contributed by atoms with Gasteiger partial charge >= 0.3 is 0 Å². The monoisotopic (exact) mass is 208 g/mol. The maximum atomic E-state index is 6.06. The van der Waals surface area contributed by atoms with Gasteiger partial charge in [0.2, 0.25) is 0 Å². The number of aromatic nitrogens is 3. The lowest BCUT2D eigenvalue weighted by Gasteiger charge is -2.08. The molecule has 1 unspecified atom stereocenters. The highest BCUT2D eigenvalue weighted by molar-refractivity contribution is 7.10. The van der Waals surface area contributed by atoms with Crippen LogP contribution in [-0.2, 0) is 7.05 Å². The molecule has 0 aliphatic rings. The second kappa shape index (κ2) is 3.51. The van der Waals surface area contributed by atoms with Crippen LogP contribution >= 0.6 is 11.3 Å². The molecule has 4 nitrogen and oxygen atoms in total. The zero-order chi connectivity index (χ0) is 10.1. The Labute approximate surface area is 86.4 Å². The number of nitrogens with two attached hydrogens (primary N) is 1. The summed E-state index contributed by atoms with van der Waals surface area (Å²) >= 11 is 1.64. The van der Waals surface area contributed by atoms with Gasteiger partial charge in [-0.15, -0.1) is 21.5 Å². The number of thiophene rings is 1. The molecule has 0 aromatic carbocycles. The van der Waals surface area contributed by atoms with E-state index in [4.69, 9.17) is 5.73 Å². The highest BCUT2D eigenvalue weighted by atomic mass is 32.1. The number of hydrogen-bond donors (Lipinski definition) is 1. The van der Waals surface area contributed by atoms with Gasteiger partial charge in [0.25, 0.3) is 0 Å². The van der Waals surface area contributed by atoms with Crippen LogP contribution < -0.4 is 5.73 Å². The summed E-state index contributed by atoms with van der Waals surface area (Å²) in [4.78, 5) is 1.11. The van der Waals surface area contributed by atoms with E-state index >= 15 is 0 Å². The number of rotatable bonds is 2. The SMILES string of the molecule is Cc1nnc(C(N)c2cccs2)n1C. The first-order valence-electron chi connectivity index (χ1n) is 4.35. The Morgan fingerprint density at radius 1 is 1.50 bits per heavy atom. The molecule has 74 valence electrons. The second-order valence-electron chi connectivity index (χ2n) is 3.16. The van der Waals surface area contributed by atoms with Crippen LogP contribution in [0.25, 0.3) is 0 Å². The molecule has 14 heavy (non-hydrogen) atoms. The summed E-state index contributed by atoms with van der Waals surface area (Å²) in [6, 6.07) is 3.84. The zero-order valence-electron chi connectivity index (χ0n) is 8.14. The largest absolute Gasteiger partial charge is 0.317 e. The molecular formula is C9H12N4S. The summed E-state index contributed by atoms with van der Waals surface area (Å²) < 4.78 is 1.92. The van der Waals surface area contributed by atoms with Crippen molar-refractivity contribution in [2.24, 2.45) is 12.8 Å². The molecule has 0 saturated heterocycles. The van der Waals surface area contributed by atoms with Gasteiger partial charge in [-0.3, -0.25) is 0 Å². The van der Waals surface area contributed by atoms with E-state index in [9.17, 15) is 0 Å². The normalized spacial score (nSPS) is 13.1. The minimum Gasteiger partial charge on any atom is -0.317 e. The van der Waals surface area contributed by atoms with Crippen molar-refractivity contribution in [3.05, 3.63) is 34.0 Å². The van der Waals surface area contributed by atoms with Gasteiger partial charge in [0.1, 0.15) is 11.9 Å². The fourth-order valence-electron chi connectivity index (χ4n) is 1.29. The lowest BCUT2D eigenvalue weighted by molar-refractivity contribution is 0.714. The Balaban J connectivity index is 2.36. The van der Waals surface area contributed by atoms with E-state index in [-0.39, 0.29) is 6.04 Å². The summed E-state index contributed by atoms with van der Waals surface area (Å²) in [6.07, 6.45) is 0. The standard InChI is InChI=1S/C9H12N4S/c1-6-11-12-9(13(6)2)8(10)7-4-3-5-14-7/h3-5,8H,10H2,1-2H3. The summed E-state index contributed by atoms with van der Waals surface area (Å²) in [5, 5.41) is 10.1. The van der Waals surface area contributed by atoms with Crippen molar-refractivity contribution in [3.63, 3.8) is 0 Å². The Hall–Kier alpha value is -1.20. The smallest absolute Gasteiger partial charge is 0.155 e. The van der Waals surface area contributed by atoms with E-state index in [2.05, 4.69) is 10.2 Å². The minimum absolute atomic E-state index is 0.166. The topological polar surface area (TPSA) is 56.7 Å². The summed E-state index contributed by atoms with van der Waals surface area (Å²) in [5.74, 6) is 1.69. The van der Waals surface area contributed by atoms with E-state index in [1.807, 2.05) is 36.1 Å². The molecule has 1 atom stereocenters. The van der Waals surface area contributed by atoms with Crippen molar-refractivity contribution >= 4 is 11.3 Å². The first-order chi connectivity index (χ1) is 6.70. The molecule has 0 amide bonds. The van der Waals surface area contributed by atoms with Gasteiger partial charge in [-0.1, -0.05) is 6.07 Å². The lowest BCUT2D eigenvalue weighted by Crippen LogP contribution is -2.15. The van der Waals surface area contributed by atoms with Crippen LogP contribution in [0.2, 0.25) is 0 Å². The number of aryl methyl sites for hydroxylation is 1. The molecule has 0 spiro atoms. The molecule has 0 radical (unpaired) electrons. The van der Waals surface area contributed by atoms with Gasteiger partial charge in [-0.2, -0.15) is 0 Å². The minimum atomic E-state index is -0.166. The summed E-state index contributed by atoms with van der Waals surface area (Å²) in [6.45, 7) is 1.91. The predicted octanol–water partition coefficient (Wildman–Crippen LogP) is 1.23. The van der Waals surface area contributed by atoms with E-state index < -0.39 is 0 Å². The first kappa shape index (κ1) is 9.36.